The van der Waals surface area contributed by atoms with Gasteiger partial charge in [0, 0.05) is 11.2 Å². The molecule has 0 bridgehead atoms. The number of benzene rings is 1. The largest absolute Gasteiger partial charge is 0.396 e. The van der Waals surface area contributed by atoms with Crippen LogP contribution in [0.1, 0.15) is 0 Å². The fourth-order valence-corrected chi connectivity index (χ4v) is 1.42. The van der Waals surface area contributed by atoms with Crippen molar-refractivity contribution in [3.8, 4) is 0 Å². The van der Waals surface area contributed by atoms with E-state index in [0.717, 1.165) is 0 Å². The average molecular weight is 238 g/mol. The number of pyridine rings is 1. The minimum Gasteiger partial charge on any atom is -0.396 e. The van der Waals surface area contributed by atoms with Crippen LogP contribution in [-0.4, -0.2) is 4.98 Å². The Morgan fingerprint density at radius 1 is 1.31 bits per heavy atom. The van der Waals surface area contributed by atoms with E-state index in [1.54, 1.807) is 18.3 Å². The zero-order valence-corrected chi connectivity index (χ0v) is 9.00. The summed E-state index contributed by atoms with van der Waals surface area (Å²) in [7, 11) is 0. The van der Waals surface area contributed by atoms with E-state index in [-0.39, 0.29) is 5.69 Å². The summed E-state index contributed by atoms with van der Waals surface area (Å²) >= 11 is 5.76. The van der Waals surface area contributed by atoms with Crippen molar-refractivity contribution in [3.05, 3.63) is 47.4 Å². The fraction of sp³-hybridized carbons (Fsp3) is 0. The van der Waals surface area contributed by atoms with Crippen molar-refractivity contribution in [2.45, 2.75) is 0 Å². The molecule has 0 spiro atoms. The zero-order chi connectivity index (χ0) is 11.5. The quantitative estimate of drug-likeness (QED) is 0.843. The SMILES string of the molecule is Nc1cccnc1Nc1cc(Cl)ccc1F. The number of rotatable bonds is 2. The molecule has 0 aliphatic rings. The van der Waals surface area contributed by atoms with Crippen molar-refractivity contribution < 1.29 is 4.39 Å². The molecule has 5 heteroatoms. The first-order valence-electron chi connectivity index (χ1n) is 4.59. The number of hydrogen-bond donors (Lipinski definition) is 2. The van der Waals surface area contributed by atoms with Crippen LogP contribution in [0.3, 0.4) is 0 Å². The summed E-state index contributed by atoms with van der Waals surface area (Å²) in [5.74, 6) is -0.00174. The van der Waals surface area contributed by atoms with Crippen LogP contribution < -0.4 is 11.1 Å². The number of nitrogens with one attached hydrogen (secondary N) is 1. The summed E-state index contributed by atoms with van der Waals surface area (Å²) in [4.78, 5) is 4.00. The molecule has 0 unspecified atom stereocenters. The van der Waals surface area contributed by atoms with Crippen molar-refractivity contribution in [2.75, 3.05) is 11.1 Å². The third-order valence-electron chi connectivity index (χ3n) is 2.02. The molecule has 1 heterocycles. The Bertz CT molecular complexity index is 516. The van der Waals surface area contributed by atoms with Crippen LogP contribution in [-0.2, 0) is 0 Å². The summed E-state index contributed by atoms with van der Waals surface area (Å²) in [6.07, 6.45) is 1.57. The number of nitrogens with zero attached hydrogens (tertiary/aromatic N) is 1. The Morgan fingerprint density at radius 3 is 2.88 bits per heavy atom. The monoisotopic (exact) mass is 237 g/mol. The van der Waals surface area contributed by atoms with Gasteiger partial charge in [-0.15, -0.1) is 0 Å². The third kappa shape index (κ3) is 2.23. The van der Waals surface area contributed by atoms with Crippen molar-refractivity contribution in [2.24, 2.45) is 0 Å². The molecular weight excluding hydrogens is 229 g/mol. The molecule has 0 amide bonds. The lowest BCUT2D eigenvalue weighted by molar-refractivity contribution is 0.632. The summed E-state index contributed by atoms with van der Waals surface area (Å²) in [5.41, 5.74) is 6.37. The van der Waals surface area contributed by atoms with Crippen LogP contribution in [0.4, 0.5) is 21.6 Å². The van der Waals surface area contributed by atoms with Crippen LogP contribution in [0, 0.1) is 5.82 Å². The third-order valence-corrected chi connectivity index (χ3v) is 2.26. The Hall–Kier alpha value is -1.81. The van der Waals surface area contributed by atoms with Gasteiger partial charge in [-0.3, -0.25) is 0 Å². The molecule has 2 aromatic rings. The summed E-state index contributed by atoms with van der Waals surface area (Å²) in [6.45, 7) is 0. The molecule has 2 rings (SSSR count). The highest BCUT2D eigenvalue weighted by molar-refractivity contribution is 6.30. The number of aromatic nitrogens is 1. The highest BCUT2D eigenvalue weighted by Gasteiger charge is 2.05. The van der Waals surface area contributed by atoms with Crippen LogP contribution in [0.15, 0.2) is 36.5 Å². The molecule has 0 atom stereocenters. The highest BCUT2D eigenvalue weighted by atomic mass is 35.5. The summed E-state index contributed by atoms with van der Waals surface area (Å²) in [6, 6.07) is 7.62. The number of halogens is 2. The number of nitrogens with two attached hydrogens (primary N) is 1. The van der Waals surface area contributed by atoms with Crippen molar-refractivity contribution >= 4 is 28.8 Å². The lowest BCUT2D eigenvalue weighted by Crippen LogP contribution is -2.00. The molecule has 0 radical (unpaired) electrons. The van der Waals surface area contributed by atoms with E-state index in [2.05, 4.69) is 10.3 Å². The smallest absolute Gasteiger partial charge is 0.153 e. The predicted molar refractivity (Wildman–Crippen MR) is 63.3 cm³/mol. The van der Waals surface area contributed by atoms with Gasteiger partial charge in [0.05, 0.1) is 11.4 Å². The molecule has 0 aliphatic carbocycles. The maximum absolute atomic E-state index is 13.4. The van der Waals surface area contributed by atoms with Gasteiger partial charge in [-0.2, -0.15) is 0 Å². The van der Waals surface area contributed by atoms with Gasteiger partial charge in [0.2, 0.25) is 0 Å². The fourth-order valence-electron chi connectivity index (χ4n) is 1.24. The van der Waals surface area contributed by atoms with E-state index < -0.39 is 5.82 Å². The van der Waals surface area contributed by atoms with Crippen LogP contribution in [0.5, 0.6) is 0 Å². The Morgan fingerprint density at radius 2 is 2.12 bits per heavy atom. The Balaban J connectivity index is 2.34. The van der Waals surface area contributed by atoms with E-state index >= 15 is 0 Å². The van der Waals surface area contributed by atoms with Crippen LogP contribution in [0.2, 0.25) is 5.02 Å². The first kappa shape index (κ1) is 10.7. The van der Waals surface area contributed by atoms with Gasteiger partial charge >= 0.3 is 0 Å². The maximum Gasteiger partial charge on any atom is 0.153 e. The lowest BCUT2D eigenvalue weighted by Gasteiger charge is -2.08. The second-order valence-corrected chi connectivity index (χ2v) is 3.63. The molecule has 1 aromatic heterocycles. The molecule has 0 fully saturated rings. The van der Waals surface area contributed by atoms with Gasteiger partial charge in [-0.1, -0.05) is 11.6 Å². The highest BCUT2D eigenvalue weighted by Crippen LogP contribution is 2.24. The van der Waals surface area contributed by atoms with Gasteiger partial charge < -0.3 is 11.1 Å². The van der Waals surface area contributed by atoms with E-state index in [1.165, 1.54) is 18.2 Å². The normalized spacial score (nSPS) is 10.1. The van der Waals surface area contributed by atoms with Crippen molar-refractivity contribution in [1.82, 2.24) is 4.98 Å². The molecule has 0 aliphatic heterocycles. The minimum absolute atomic E-state index is 0.248. The molecule has 1 aromatic carbocycles. The topological polar surface area (TPSA) is 50.9 Å². The molecule has 16 heavy (non-hydrogen) atoms. The van der Waals surface area contributed by atoms with Crippen molar-refractivity contribution in [3.63, 3.8) is 0 Å². The van der Waals surface area contributed by atoms with Gasteiger partial charge in [0.25, 0.3) is 0 Å². The molecule has 82 valence electrons. The summed E-state index contributed by atoms with van der Waals surface area (Å²) in [5, 5.41) is 3.23. The van der Waals surface area contributed by atoms with E-state index in [1.807, 2.05) is 0 Å². The van der Waals surface area contributed by atoms with E-state index in [9.17, 15) is 4.39 Å². The number of nitrogen functional groups attached to an aromatic ring is 1. The summed E-state index contributed by atoms with van der Waals surface area (Å²) < 4.78 is 13.4. The number of hydrogen-bond acceptors (Lipinski definition) is 3. The van der Waals surface area contributed by atoms with Crippen LogP contribution >= 0.6 is 11.6 Å². The lowest BCUT2D eigenvalue weighted by atomic mass is 10.3. The molecule has 3 N–H and O–H groups in total. The van der Waals surface area contributed by atoms with Gasteiger partial charge in [0.15, 0.2) is 5.82 Å². The second-order valence-electron chi connectivity index (χ2n) is 3.19. The first-order valence-corrected chi connectivity index (χ1v) is 4.97. The van der Waals surface area contributed by atoms with E-state index in [0.29, 0.717) is 16.5 Å². The Labute approximate surface area is 97.1 Å². The van der Waals surface area contributed by atoms with Gasteiger partial charge in [-0.25, -0.2) is 9.37 Å². The standard InChI is InChI=1S/C11H9ClFN3/c12-7-3-4-8(13)10(6-7)16-11-9(14)2-1-5-15-11/h1-6H,14H2,(H,15,16). The van der Waals surface area contributed by atoms with Gasteiger partial charge in [0.1, 0.15) is 5.82 Å². The van der Waals surface area contributed by atoms with Gasteiger partial charge in [-0.05, 0) is 30.3 Å². The molecular formula is C11H9ClFN3. The second kappa shape index (κ2) is 4.37. The molecule has 0 saturated carbocycles. The first-order chi connectivity index (χ1) is 7.66. The predicted octanol–water partition coefficient (Wildman–Crippen LogP) is 3.20. The average Bonchev–Trinajstić information content (AvgIpc) is 2.27. The minimum atomic E-state index is -0.408. The molecule has 0 saturated heterocycles. The van der Waals surface area contributed by atoms with Crippen molar-refractivity contribution in [1.29, 1.82) is 0 Å². The number of anilines is 3. The molecule has 3 nitrogen and oxygen atoms in total. The zero-order valence-electron chi connectivity index (χ0n) is 8.24. The Kier molecular flexibility index (Phi) is 2.92. The van der Waals surface area contributed by atoms with Crippen LogP contribution in [0.25, 0.3) is 0 Å². The van der Waals surface area contributed by atoms with E-state index in [4.69, 9.17) is 17.3 Å². The maximum atomic E-state index is 13.4.